The topological polar surface area (TPSA) is 140 Å². The van der Waals surface area contributed by atoms with Crippen molar-refractivity contribution in [3.05, 3.63) is 194 Å². The molecule has 0 saturated heterocycles. The van der Waals surface area contributed by atoms with Gasteiger partial charge in [0.2, 0.25) is 0 Å². The van der Waals surface area contributed by atoms with Gasteiger partial charge in [0.15, 0.2) is 0 Å². The molecule has 69 heavy (non-hydrogen) atoms. The number of nitrogens with one attached hydrogen (secondary N) is 6. The van der Waals surface area contributed by atoms with Crippen molar-refractivity contribution < 1.29 is 18.9 Å². The molecule has 6 heterocycles. The summed E-state index contributed by atoms with van der Waals surface area (Å²) in [7, 11) is 0. The summed E-state index contributed by atoms with van der Waals surface area (Å²) in [5, 5.41) is 7.81. The molecule has 13 heteroatoms. The summed E-state index contributed by atoms with van der Waals surface area (Å²) in [5.41, 5.74) is 6.83. The minimum absolute atomic E-state index is 0.712. The van der Waals surface area contributed by atoms with E-state index in [0.717, 1.165) is 111 Å². The fourth-order valence-corrected chi connectivity index (χ4v) is 11.0. The second-order valence-corrected chi connectivity index (χ2v) is 18.3. The molecular formula is C56H38AlN8O4+. The van der Waals surface area contributed by atoms with E-state index in [-0.39, 0.29) is 0 Å². The quantitative estimate of drug-likeness (QED) is 0.0845. The van der Waals surface area contributed by atoms with Crippen molar-refractivity contribution in [2.75, 3.05) is 0 Å². The van der Waals surface area contributed by atoms with E-state index in [1.54, 1.807) is 0 Å². The van der Waals surface area contributed by atoms with Gasteiger partial charge in [-0.1, -0.05) is 0 Å². The standard InChI is InChI=1S/C56H38N8O4.Al/c1-5-13-33(14-6-1)65-37-21-25-41-45(29-37)53-57-49(41)62-54-47-31-39(67-35-17-9-3-10-18-35)23-27-43(47)51(59-54)64-56-48-32-40(68-36-19-11-4-12-20-36)24-28-44(48)52(60-56)63-55-46-30-38(66-34-15-7-2-8-16-34)22-26-42(46)50(58-55)61-53;/h1-32,57,60-64H;/q-2;+3. The molecule has 8 aromatic carbocycles. The minimum atomic E-state index is -0.785. The number of aromatic amines is 6. The number of hydrogen-bond donors (Lipinski definition) is 6. The number of rotatable bonds is 8. The summed E-state index contributed by atoms with van der Waals surface area (Å²) in [6.45, 7) is 0. The molecule has 0 fully saturated rings. The summed E-state index contributed by atoms with van der Waals surface area (Å²) < 4.78 is 30.6. The Morgan fingerprint density at radius 3 is 0.855 bits per heavy atom. The molecule has 328 valence electrons. The molecule has 0 atom stereocenters. The molecular weight excluding hydrogens is 876 g/mol. The number of fused-ring (bicyclic) bond motifs is 16. The number of aromatic nitrogens is 8. The Morgan fingerprint density at radius 2 is 0.522 bits per heavy atom. The monoisotopic (exact) mass is 913 g/mol. The predicted octanol–water partition coefficient (Wildman–Crippen LogP) is 14.7. The second kappa shape index (κ2) is 15.7. The van der Waals surface area contributed by atoms with E-state index in [1.165, 1.54) is 0 Å². The number of hydrogen-bond acceptors (Lipinski definition) is 4. The first kappa shape index (κ1) is 39.1. The van der Waals surface area contributed by atoms with E-state index in [4.69, 9.17) is 18.9 Å². The molecule has 6 N–H and O–H groups in total. The van der Waals surface area contributed by atoms with Gasteiger partial charge in [-0.25, -0.2) is 0 Å². The first-order valence-corrected chi connectivity index (χ1v) is 23.7. The predicted molar refractivity (Wildman–Crippen MR) is 275 cm³/mol. The fourth-order valence-electron chi connectivity index (χ4n) is 9.49. The van der Waals surface area contributed by atoms with Gasteiger partial charge in [-0.2, -0.15) is 0 Å². The van der Waals surface area contributed by atoms with Crippen LogP contribution in [0.1, 0.15) is 0 Å². The Hall–Kier alpha value is -9.15. The van der Waals surface area contributed by atoms with Crippen molar-refractivity contribution in [2.24, 2.45) is 0 Å². The number of benzene rings is 8. The van der Waals surface area contributed by atoms with Gasteiger partial charge in [0.05, 0.1) is 0 Å². The molecule has 0 unspecified atom stereocenters. The van der Waals surface area contributed by atoms with Crippen LogP contribution >= 0.6 is 0 Å². The molecule has 0 spiro atoms. The van der Waals surface area contributed by atoms with Crippen LogP contribution in [0.3, 0.4) is 0 Å². The Labute approximate surface area is 397 Å². The van der Waals surface area contributed by atoms with Crippen molar-refractivity contribution >= 4 is 103 Å². The average molecular weight is 914 g/mol. The molecule has 0 aliphatic rings. The molecule has 14 aromatic rings. The molecule has 12 nitrogen and oxygen atoms in total. The molecule has 6 bridgehead atoms. The van der Waals surface area contributed by atoms with Crippen molar-refractivity contribution in [3.8, 4) is 46.0 Å². The fraction of sp³-hybridized carbons (Fsp3) is 0. The Morgan fingerprint density at radius 1 is 0.246 bits per heavy atom. The van der Waals surface area contributed by atoms with Gasteiger partial charge >= 0.3 is 399 Å². The Bertz CT molecular complexity index is 4100. The van der Waals surface area contributed by atoms with Gasteiger partial charge in [0.1, 0.15) is 0 Å². The molecule has 0 amide bonds. The normalized spacial score (nSPS) is 11.7. The van der Waals surface area contributed by atoms with Crippen molar-refractivity contribution in [3.63, 3.8) is 0 Å². The zero-order valence-electron chi connectivity index (χ0n) is 36.6. The maximum absolute atomic E-state index is 6.52. The number of H-pyrrole nitrogens is 6. The van der Waals surface area contributed by atoms with Crippen LogP contribution in [0.5, 0.6) is 46.0 Å². The first-order valence-electron chi connectivity index (χ1n) is 22.6. The molecule has 0 aliphatic carbocycles. The van der Waals surface area contributed by atoms with Gasteiger partial charge in [-0.05, 0) is 0 Å². The number of ether oxygens (including phenoxy) is 4. The first-order chi connectivity index (χ1) is 34.1. The third-order valence-electron chi connectivity index (χ3n) is 12.6. The molecule has 0 aliphatic heterocycles. The number of nitrogens with zero attached hydrogens (tertiary/aromatic N) is 2. The van der Waals surface area contributed by atoms with Crippen LogP contribution in [0.4, 0.5) is 0 Å². The summed E-state index contributed by atoms with van der Waals surface area (Å²) in [6, 6.07) is 64.5. The zero-order chi connectivity index (χ0) is 45.4. The summed E-state index contributed by atoms with van der Waals surface area (Å²) in [5.74, 6) is 5.88. The van der Waals surface area contributed by atoms with Crippen LogP contribution in [0.15, 0.2) is 194 Å². The van der Waals surface area contributed by atoms with E-state index in [2.05, 4.69) is 85.2 Å². The van der Waals surface area contributed by atoms with Gasteiger partial charge in [-0.3, -0.25) is 0 Å². The van der Waals surface area contributed by atoms with Crippen LogP contribution in [-0.2, 0) is 0 Å². The van der Waals surface area contributed by atoms with E-state index in [1.807, 2.05) is 146 Å². The van der Waals surface area contributed by atoms with Crippen LogP contribution in [0.25, 0.3) is 88.3 Å². The zero-order valence-corrected chi connectivity index (χ0v) is 37.7. The molecule has 0 saturated carbocycles. The van der Waals surface area contributed by atoms with Gasteiger partial charge in [0, 0.05) is 0 Å². The molecule has 0 radical (unpaired) electrons. The van der Waals surface area contributed by atoms with Crippen LogP contribution in [0, 0.1) is 0 Å². The third-order valence-corrected chi connectivity index (χ3v) is 14.1. The third kappa shape index (κ3) is 6.83. The van der Waals surface area contributed by atoms with E-state index in [0.29, 0.717) is 23.0 Å². The van der Waals surface area contributed by atoms with Gasteiger partial charge in [-0.15, -0.1) is 0 Å². The van der Waals surface area contributed by atoms with Crippen molar-refractivity contribution in [2.45, 2.75) is 0 Å². The Balaban J connectivity index is 1.14. The second-order valence-electron chi connectivity index (χ2n) is 17.0. The SMILES string of the molecule is c1ccc(Oc2ccc3c4[nH]c([nH]c5c6ccc(Oc7ccccc7)cc6c6[nH]c7[nH]c([nH]c8c9ccc(Oc%10ccccc%10)cc9c([nH]4)[n]8[Al+][n]56)c4cc(Oc5ccccc5)ccc74)c3c2)cc1. The molecule has 14 rings (SSSR count). The Kier molecular flexibility index (Phi) is 8.91. The summed E-state index contributed by atoms with van der Waals surface area (Å²) >= 11 is -0.785. The van der Waals surface area contributed by atoms with Crippen LogP contribution in [0.2, 0.25) is 0 Å². The summed E-state index contributed by atoms with van der Waals surface area (Å²) in [4.78, 5) is 23.3. The van der Waals surface area contributed by atoms with Crippen LogP contribution in [-0.4, -0.2) is 51.9 Å². The number of para-hydroxylation sites is 4. The molecule has 6 aromatic heterocycles. The van der Waals surface area contributed by atoms with Gasteiger partial charge in [0.25, 0.3) is 0 Å². The van der Waals surface area contributed by atoms with E-state index in [9.17, 15) is 0 Å². The van der Waals surface area contributed by atoms with E-state index < -0.39 is 15.2 Å². The summed E-state index contributed by atoms with van der Waals surface area (Å²) in [6.07, 6.45) is 0. The average Bonchev–Trinajstić information content (AvgIpc) is 4.07. The van der Waals surface area contributed by atoms with Crippen molar-refractivity contribution in [1.82, 2.24) is 36.6 Å². The van der Waals surface area contributed by atoms with Gasteiger partial charge < -0.3 is 0 Å². The van der Waals surface area contributed by atoms with Crippen LogP contribution < -0.4 is 18.9 Å². The van der Waals surface area contributed by atoms with E-state index >= 15 is 0 Å². The maximum atomic E-state index is 6.52. The van der Waals surface area contributed by atoms with Crippen molar-refractivity contribution in [1.29, 1.82) is 0 Å².